The number of hydrogen-bond acceptors (Lipinski definition) is 8. The van der Waals surface area contributed by atoms with Gasteiger partial charge in [0.15, 0.2) is 0 Å². The third-order valence-corrected chi connectivity index (χ3v) is 10.00. The highest BCUT2D eigenvalue weighted by atomic mass is 16.2. The molecule has 43 heavy (non-hydrogen) atoms. The van der Waals surface area contributed by atoms with E-state index >= 15 is 0 Å². The maximum absolute atomic E-state index is 13.3. The van der Waals surface area contributed by atoms with E-state index in [9.17, 15) is 24.0 Å². The van der Waals surface area contributed by atoms with Gasteiger partial charge in [-0.2, -0.15) is 0 Å². The molecule has 11 nitrogen and oxygen atoms in total. The molecule has 0 saturated carbocycles. The number of primary amides is 1. The predicted octanol–water partition coefficient (Wildman–Crippen LogP) is 1.47. The highest BCUT2D eigenvalue weighted by molar-refractivity contribution is 6.23. The average Bonchev–Trinajstić information content (AvgIpc) is 3.64. The van der Waals surface area contributed by atoms with E-state index in [0.29, 0.717) is 34.4 Å². The topological polar surface area (TPSA) is 136 Å². The number of piperidine rings is 2. The van der Waals surface area contributed by atoms with Crippen LogP contribution in [0.1, 0.15) is 56.8 Å². The van der Waals surface area contributed by atoms with Crippen LogP contribution < -0.4 is 20.9 Å². The molecule has 224 valence electrons. The van der Waals surface area contributed by atoms with Gasteiger partial charge in [0.1, 0.15) is 6.04 Å². The lowest BCUT2D eigenvalue weighted by atomic mass is 9.95. The molecule has 3 unspecified atom stereocenters. The molecule has 0 aromatic heterocycles. The van der Waals surface area contributed by atoms with Crippen molar-refractivity contribution in [1.29, 1.82) is 0 Å². The lowest BCUT2D eigenvalue weighted by Crippen LogP contribution is -2.54. The number of nitrogens with zero attached hydrogens (tertiary/aromatic N) is 4. The van der Waals surface area contributed by atoms with Crippen LogP contribution in [0.3, 0.4) is 0 Å². The molecule has 7 rings (SSSR count). The lowest BCUT2D eigenvalue weighted by molar-refractivity contribution is -0.136. The average molecular weight is 585 g/mol. The number of nitrogens with two attached hydrogens (primary N) is 1. The number of fused-ring (bicyclic) bond motifs is 2. The van der Waals surface area contributed by atoms with Gasteiger partial charge in [-0.15, -0.1) is 0 Å². The molecule has 3 N–H and O–H groups in total. The van der Waals surface area contributed by atoms with Crippen LogP contribution >= 0.6 is 0 Å². The van der Waals surface area contributed by atoms with Crippen LogP contribution in [-0.2, 0) is 9.59 Å². The van der Waals surface area contributed by atoms with Crippen LogP contribution in [0.5, 0.6) is 0 Å². The van der Waals surface area contributed by atoms with Gasteiger partial charge in [-0.1, -0.05) is 0 Å². The third kappa shape index (κ3) is 5.05. The molecule has 5 aliphatic heterocycles. The summed E-state index contributed by atoms with van der Waals surface area (Å²) in [5.41, 5.74) is 8.63. The maximum Gasteiger partial charge on any atom is 0.262 e. The number of carbonyl (C=O) groups is 5. The first-order chi connectivity index (χ1) is 20.7. The van der Waals surface area contributed by atoms with Crippen molar-refractivity contribution in [2.24, 2.45) is 23.5 Å². The smallest absolute Gasteiger partial charge is 0.262 e. The summed E-state index contributed by atoms with van der Waals surface area (Å²) in [6.07, 6.45) is 2.55. The molecular formula is C32H36N6O5. The molecule has 3 atom stereocenters. The van der Waals surface area contributed by atoms with Gasteiger partial charge in [0.25, 0.3) is 11.8 Å². The minimum Gasteiger partial charge on any atom is -0.372 e. The highest BCUT2D eigenvalue weighted by Gasteiger charge is 2.46. The zero-order valence-electron chi connectivity index (χ0n) is 24.0. The van der Waals surface area contributed by atoms with Crippen molar-refractivity contribution in [1.82, 2.24) is 15.1 Å². The van der Waals surface area contributed by atoms with E-state index in [1.165, 1.54) is 0 Å². The Hall–Kier alpha value is -4.25. The van der Waals surface area contributed by atoms with Crippen LogP contribution in [-0.4, -0.2) is 91.2 Å². The van der Waals surface area contributed by atoms with Crippen molar-refractivity contribution < 1.29 is 24.0 Å². The number of benzene rings is 2. The minimum absolute atomic E-state index is 0.107. The normalized spacial score (nSPS) is 26.2. The molecule has 11 heteroatoms. The van der Waals surface area contributed by atoms with Crippen molar-refractivity contribution in [3.63, 3.8) is 0 Å². The lowest BCUT2D eigenvalue weighted by Gasteiger charge is -2.35. The number of imide groups is 2. The van der Waals surface area contributed by atoms with E-state index in [0.717, 1.165) is 74.9 Å². The van der Waals surface area contributed by atoms with Crippen LogP contribution in [0.4, 0.5) is 11.4 Å². The number of anilines is 2. The van der Waals surface area contributed by atoms with Gasteiger partial charge < -0.3 is 20.4 Å². The molecule has 2 aromatic carbocycles. The van der Waals surface area contributed by atoms with E-state index in [-0.39, 0.29) is 18.7 Å². The molecule has 4 saturated heterocycles. The summed E-state index contributed by atoms with van der Waals surface area (Å²) in [5.74, 6) is -0.509. The number of hydrogen-bond donors (Lipinski definition) is 2. The number of likely N-dealkylation sites (tertiary alicyclic amines) is 1. The summed E-state index contributed by atoms with van der Waals surface area (Å²) in [5, 5.41) is 2.24. The van der Waals surface area contributed by atoms with Crippen LogP contribution in [0.2, 0.25) is 0 Å². The first-order valence-electron chi connectivity index (χ1n) is 15.2. The fourth-order valence-electron chi connectivity index (χ4n) is 7.68. The second-order valence-electron chi connectivity index (χ2n) is 12.7. The molecule has 0 radical (unpaired) electrons. The van der Waals surface area contributed by atoms with Crippen molar-refractivity contribution in [3.05, 3.63) is 59.2 Å². The Morgan fingerprint density at radius 1 is 0.791 bits per heavy atom. The van der Waals surface area contributed by atoms with Gasteiger partial charge in [0, 0.05) is 69.2 Å². The summed E-state index contributed by atoms with van der Waals surface area (Å²) in [7, 11) is 0. The summed E-state index contributed by atoms with van der Waals surface area (Å²) < 4.78 is 0. The standard InChI is InChI=1S/C32H36N6O5/c33-29(40)20-1-3-23(4-2-20)36-11-9-19(10-12-36)14-35-15-21-17-37(18-22(21)16-35)24-5-6-25-26(13-24)32(43)38(31(25)42)27-7-8-28(39)34-30(27)41/h1-6,13,19,21-22,27H,7-12,14-18H2,(H2,33,40)(H,34,39,41). The molecule has 0 bridgehead atoms. The first-order valence-corrected chi connectivity index (χ1v) is 15.2. The molecule has 5 amide bonds. The molecular weight excluding hydrogens is 548 g/mol. The summed E-state index contributed by atoms with van der Waals surface area (Å²) in [6.45, 7) is 7.11. The van der Waals surface area contributed by atoms with Crippen LogP contribution in [0.15, 0.2) is 42.5 Å². The molecule has 2 aromatic rings. The second-order valence-corrected chi connectivity index (χ2v) is 12.7. The van der Waals surface area contributed by atoms with Gasteiger partial charge >= 0.3 is 0 Å². The van der Waals surface area contributed by atoms with Crippen molar-refractivity contribution in [3.8, 4) is 0 Å². The Morgan fingerprint density at radius 3 is 2.09 bits per heavy atom. The van der Waals surface area contributed by atoms with Crippen LogP contribution in [0.25, 0.3) is 0 Å². The van der Waals surface area contributed by atoms with Gasteiger partial charge in [-0.05, 0) is 79.5 Å². The third-order valence-electron chi connectivity index (χ3n) is 10.00. The van der Waals surface area contributed by atoms with Gasteiger partial charge in [0.05, 0.1) is 11.1 Å². The monoisotopic (exact) mass is 584 g/mol. The van der Waals surface area contributed by atoms with Gasteiger partial charge in [-0.25, -0.2) is 0 Å². The van der Waals surface area contributed by atoms with Crippen molar-refractivity contribution in [2.45, 2.75) is 31.7 Å². The van der Waals surface area contributed by atoms with E-state index in [4.69, 9.17) is 5.73 Å². The molecule has 0 aliphatic carbocycles. The number of rotatable bonds is 6. The Morgan fingerprint density at radius 2 is 1.44 bits per heavy atom. The maximum atomic E-state index is 13.3. The fourth-order valence-corrected chi connectivity index (χ4v) is 7.68. The minimum atomic E-state index is -0.951. The number of amides is 5. The summed E-state index contributed by atoms with van der Waals surface area (Å²) >= 11 is 0. The Kier molecular flexibility index (Phi) is 6.92. The molecule has 5 heterocycles. The zero-order chi connectivity index (χ0) is 29.8. The predicted molar refractivity (Wildman–Crippen MR) is 159 cm³/mol. The fraction of sp³-hybridized carbons (Fsp3) is 0.469. The SMILES string of the molecule is NC(=O)c1ccc(N2CCC(CN3CC4CN(c5ccc6c(c5)C(=O)N(C5CCC(=O)NC5=O)C6=O)CC4C3)CC2)cc1. The van der Waals surface area contributed by atoms with Crippen molar-refractivity contribution in [2.75, 3.05) is 55.6 Å². The van der Waals surface area contributed by atoms with E-state index in [1.54, 1.807) is 24.3 Å². The number of carbonyl (C=O) groups excluding carboxylic acids is 5. The zero-order valence-corrected chi connectivity index (χ0v) is 24.0. The Bertz CT molecular complexity index is 1490. The summed E-state index contributed by atoms with van der Waals surface area (Å²) in [6, 6.07) is 12.0. The summed E-state index contributed by atoms with van der Waals surface area (Å²) in [4.78, 5) is 69.9. The highest BCUT2D eigenvalue weighted by Crippen LogP contribution is 2.37. The number of nitrogens with one attached hydrogen (secondary N) is 1. The van der Waals surface area contributed by atoms with E-state index in [2.05, 4.69) is 20.0 Å². The molecule has 5 aliphatic rings. The van der Waals surface area contributed by atoms with Crippen LogP contribution in [0, 0.1) is 17.8 Å². The van der Waals surface area contributed by atoms with E-state index < -0.39 is 29.7 Å². The van der Waals surface area contributed by atoms with Crippen molar-refractivity contribution >= 4 is 40.9 Å². The van der Waals surface area contributed by atoms with Gasteiger partial charge in [0.2, 0.25) is 17.7 Å². The quantitative estimate of drug-likeness (QED) is 0.488. The Balaban J connectivity index is 0.922. The first kappa shape index (κ1) is 27.6. The van der Waals surface area contributed by atoms with E-state index in [1.807, 2.05) is 18.2 Å². The second kappa shape index (κ2) is 10.8. The molecule has 4 fully saturated rings. The molecule has 0 spiro atoms. The van der Waals surface area contributed by atoms with Gasteiger partial charge in [-0.3, -0.25) is 34.2 Å². The Labute approximate surface area is 249 Å². The largest absolute Gasteiger partial charge is 0.372 e.